The Labute approximate surface area is 224 Å². The number of benzene rings is 4. The van der Waals surface area contributed by atoms with Crippen LogP contribution in [0.1, 0.15) is 28.6 Å². The molecular weight excluding hydrogens is 486 g/mol. The molecule has 0 radical (unpaired) electrons. The zero-order valence-corrected chi connectivity index (χ0v) is 22.2. The van der Waals surface area contributed by atoms with Crippen LogP contribution in [0.15, 0.2) is 89.3 Å². The molecule has 0 aliphatic carbocycles. The molecular formula is C33H25N3OS. The number of furan rings is 1. The highest BCUT2D eigenvalue weighted by atomic mass is 32.1. The van der Waals surface area contributed by atoms with Gasteiger partial charge in [-0.2, -0.15) is 0 Å². The number of anilines is 3. The summed E-state index contributed by atoms with van der Waals surface area (Å²) in [5.41, 5.74) is 10.1. The van der Waals surface area contributed by atoms with Gasteiger partial charge in [-0.3, -0.25) is 0 Å². The molecule has 0 amide bonds. The molecule has 0 fully saturated rings. The summed E-state index contributed by atoms with van der Waals surface area (Å²) in [6.45, 7) is 6.47. The second kappa shape index (κ2) is 7.83. The number of para-hydroxylation sites is 3. The number of nitrogens with zero attached hydrogens (tertiary/aromatic N) is 2. The van der Waals surface area contributed by atoms with Crippen molar-refractivity contribution < 1.29 is 4.42 Å². The normalized spacial score (nSPS) is 15.1. The molecule has 4 nitrogen and oxygen atoms in total. The molecule has 1 aliphatic heterocycles. The molecule has 1 atom stereocenters. The van der Waals surface area contributed by atoms with Gasteiger partial charge in [0.15, 0.2) is 0 Å². The number of nitrogens with one attached hydrogen (secondary N) is 1. The van der Waals surface area contributed by atoms with Gasteiger partial charge in [-0.15, -0.1) is 11.3 Å². The maximum Gasteiger partial charge on any atom is 0.140 e. The lowest BCUT2D eigenvalue weighted by atomic mass is 10.0. The first-order chi connectivity index (χ1) is 18.6. The average molecular weight is 512 g/mol. The molecule has 0 saturated carbocycles. The number of thiophene rings is 1. The summed E-state index contributed by atoms with van der Waals surface area (Å²) in [6, 6.07) is 30.2. The van der Waals surface area contributed by atoms with E-state index in [1.54, 1.807) is 11.3 Å². The molecule has 7 aromatic rings. The maximum atomic E-state index is 6.44. The zero-order valence-electron chi connectivity index (χ0n) is 21.4. The fourth-order valence-electron chi connectivity index (χ4n) is 6.18. The Kier molecular flexibility index (Phi) is 4.47. The molecule has 38 heavy (non-hydrogen) atoms. The minimum absolute atomic E-state index is 0.0653. The van der Waals surface area contributed by atoms with E-state index in [9.17, 15) is 0 Å². The Morgan fingerprint density at radius 2 is 1.63 bits per heavy atom. The highest BCUT2D eigenvalue weighted by Crippen LogP contribution is 2.51. The molecule has 0 spiro atoms. The summed E-state index contributed by atoms with van der Waals surface area (Å²) in [7, 11) is 0. The Bertz CT molecular complexity index is 2070. The molecule has 8 rings (SSSR count). The van der Waals surface area contributed by atoms with Crippen LogP contribution in [0.5, 0.6) is 0 Å². The smallest absolute Gasteiger partial charge is 0.140 e. The number of rotatable bonds is 2. The fourth-order valence-corrected chi connectivity index (χ4v) is 7.43. The van der Waals surface area contributed by atoms with Crippen LogP contribution in [-0.2, 0) is 0 Å². The summed E-state index contributed by atoms with van der Waals surface area (Å²) in [5, 5.41) is 8.67. The van der Waals surface area contributed by atoms with Crippen LogP contribution in [0.4, 0.5) is 17.1 Å². The van der Waals surface area contributed by atoms with Crippen LogP contribution in [0.25, 0.3) is 42.2 Å². The quantitative estimate of drug-likeness (QED) is 0.251. The van der Waals surface area contributed by atoms with Crippen LogP contribution in [0, 0.1) is 20.8 Å². The van der Waals surface area contributed by atoms with Crippen LogP contribution < -0.4 is 10.2 Å². The van der Waals surface area contributed by atoms with Crippen molar-refractivity contribution in [2.24, 2.45) is 0 Å². The van der Waals surface area contributed by atoms with Crippen molar-refractivity contribution in [1.29, 1.82) is 0 Å². The van der Waals surface area contributed by atoms with Gasteiger partial charge in [0, 0.05) is 43.1 Å². The highest BCUT2D eigenvalue weighted by Gasteiger charge is 2.35. The zero-order chi connectivity index (χ0) is 25.5. The van der Waals surface area contributed by atoms with Crippen molar-refractivity contribution in [3.05, 3.63) is 107 Å². The molecule has 5 heteroatoms. The molecule has 1 unspecified atom stereocenters. The molecule has 4 aromatic carbocycles. The summed E-state index contributed by atoms with van der Waals surface area (Å²) in [4.78, 5) is 8.40. The number of aromatic nitrogens is 1. The van der Waals surface area contributed by atoms with Gasteiger partial charge >= 0.3 is 0 Å². The first-order valence-electron chi connectivity index (χ1n) is 12.9. The highest BCUT2D eigenvalue weighted by molar-refractivity contribution is 7.25. The molecule has 4 heterocycles. The summed E-state index contributed by atoms with van der Waals surface area (Å²) in [6.07, 6.45) is -0.0653. The topological polar surface area (TPSA) is 41.3 Å². The third-order valence-corrected chi connectivity index (χ3v) is 9.01. The van der Waals surface area contributed by atoms with E-state index in [4.69, 9.17) is 9.40 Å². The molecule has 184 valence electrons. The first-order valence-corrected chi connectivity index (χ1v) is 13.7. The van der Waals surface area contributed by atoms with E-state index in [0.717, 1.165) is 38.3 Å². The van der Waals surface area contributed by atoms with E-state index in [0.29, 0.717) is 0 Å². The Balaban J connectivity index is 1.40. The van der Waals surface area contributed by atoms with Crippen molar-refractivity contribution in [2.75, 3.05) is 10.2 Å². The minimum atomic E-state index is -0.0653. The summed E-state index contributed by atoms with van der Waals surface area (Å²) >= 11 is 1.78. The van der Waals surface area contributed by atoms with Gasteiger partial charge in [0.2, 0.25) is 0 Å². The number of pyridine rings is 1. The lowest BCUT2D eigenvalue weighted by Gasteiger charge is -2.30. The number of fused-ring (bicyclic) bond motifs is 7. The molecule has 1 aliphatic rings. The third kappa shape index (κ3) is 2.93. The van der Waals surface area contributed by atoms with Gasteiger partial charge in [-0.25, -0.2) is 4.98 Å². The monoisotopic (exact) mass is 511 g/mol. The van der Waals surface area contributed by atoms with Crippen LogP contribution in [-0.4, -0.2) is 4.98 Å². The Hall–Kier alpha value is -4.35. The van der Waals surface area contributed by atoms with E-state index in [1.165, 1.54) is 43.4 Å². The molecule has 0 bridgehead atoms. The van der Waals surface area contributed by atoms with Crippen LogP contribution in [0.3, 0.4) is 0 Å². The van der Waals surface area contributed by atoms with E-state index >= 15 is 0 Å². The SMILES string of the molecule is Cc1ccc2c(n1)sc1c(C3Nc4ccccc4N3c3c(C)cc4c(oc5ccccc54)c3C)cccc12. The van der Waals surface area contributed by atoms with Crippen molar-refractivity contribution in [1.82, 2.24) is 4.98 Å². The van der Waals surface area contributed by atoms with E-state index in [1.807, 2.05) is 6.07 Å². The molecule has 1 N–H and O–H groups in total. The van der Waals surface area contributed by atoms with Crippen LogP contribution >= 0.6 is 11.3 Å². The predicted octanol–water partition coefficient (Wildman–Crippen LogP) is 9.54. The predicted molar refractivity (Wildman–Crippen MR) is 160 cm³/mol. The summed E-state index contributed by atoms with van der Waals surface area (Å²) < 4.78 is 7.71. The standard InChI is InChI=1S/C33H25N3OS/c1-18-17-25-21-9-4-7-14-28(21)37-30(25)20(3)29(18)36-27-13-6-5-12-26(27)35-32(36)24-11-8-10-22-23-16-15-19(2)34-33(23)38-31(22)24/h4-17,32,35H,1-3H3. The Morgan fingerprint density at radius 1 is 0.816 bits per heavy atom. The van der Waals surface area contributed by atoms with Crippen molar-refractivity contribution in [3.8, 4) is 0 Å². The molecule has 3 aromatic heterocycles. The minimum Gasteiger partial charge on any atom is -0.456 e. The lowest BCUT2D eigenvalue weighted by Crippen LogP contribution is -2.25. The third-order valence-electron chi connectivity index (χ3n) is 7.85. The largest absolute Gasteiger partial charge is 0.456 e. The Morgan fingerprint density at radius 3 is 2.55 bits per heavy atom. The van der Waals surface area contributed by atoms with Gasteiger partial charge in [0.25, 0.3) is 0 Å². The summed E-state index contributed by atoms with van der Waals surface area (Å²) in [5.74, 6) is 0. The van der Waals surface area contributed by atoms with E-state index in [2.05, 4.69) is 110 Å². The van der Waals surface area contributed by atoms with Gasteiger partial charge in [-0.1, -0.05) is 48.5 Å². The number of hydrogen-bond donors (Lipinski definition) is 1. The molecule has 0 saturated heterocycles. The lowest BCUT2D eigenvalue weighted by molar-refractivity contribution is 0.665. The van der Waals surface area contributed by atoms with Gasteiger partial charge in [0.1, 0.15) is 22.2 Å². The second-order valence-electron chi connectivity index (χ2n) is 10.2. The number of aryl methyl sites for hydroxylation is 3. The first kappa shape index (κ1) is 21.7. The second-order valence-corrected chi connectivity index (χ2v) is 11.2. The van der Waals surface area contributed by atoms with Gasteiger partial charge in [0.05, 0.1) is 17.1 Å². The van der Waals surface area contributed by atoms with Crippen LogP contribution in [0.2, 0.25) is 0 Å². The van der Waals surface area contributed by atoms with E-state index in [-0.39, 0.29) is 6.17 Å². The maximum absolute atomic E-state index is 6.44. The van der Waals surface area contributed by atoms with Crippen molar-refractivity contribution in [2.45, 2.75) is 26.9 Å². The average Bonchev–Trinajstić information content (AvgIpc) is 3.60. The van der Waals surface area contributed by atoms with Crippen molar-refractivity contribution >= 4 is 70.6 Å². The van der Waals surface area contributed by atoms with E-state index < -0.39 is 0 Å². The number of hydrogen-bond acceptors (Lipinski definition) is 5. The fraction of sp³-hybridized carbons (Fsp3) is 0.121. The van der Waals surface area contributed by atoms with Gasteiger partial charge in [-0.05, 0) is 62.7 Å². The van der Waals surface area contributed by atoms with Gasteiger partial charge < -0.3 is 14.6 Å². The van der Waals surface area contributed by atoms with Crippen molar-refractivity contribution in [3.63, 3.8) is 0 Å².